The maximum Gasteiger partial charge on any atom is 0.152 e. The molecule has 0 atom stereocenters. The van der Waals surface area contributed by atoms with Gasteiger partial charge in [-0.25, -0.2) is 4.98 Å². The molecule has 0 aromatic carbocycles. The lowest BCUT2D eigenvalue weighted by molar-refractivity contribution is 0.687. The van der Waals surface area contributed by atoms with Crippen LogP contribution in [0.3, 0.4) is 0 Å². The van der Waals surface area contributed by atoms with Gasteiger partial charge >= 0.3 is 0 Å². The van der Waals surface area contributed by atoms with Crippen molar-refractivity contribution in [3.8, 4) is 0 Å². The average Bonchev–Trinajstić information content (AvgIpc) is 2.93. The van der Waals surface area contributed by atoms with Crippen molar-refractivity contribution in [3.63, 3.8) is 0 Å². The zero-order valence-corrected chi connectivity index (χ0v) is 13.3. The van der Waals surface area contributed by atoms with Crippen LogP contribution in [0.15, 0.2) is 36.8 Å². The fourth-order valence-corrected chi connectivity index (χ4v) is 2.20. The summed E-state index contributed by atoms with van der Waals surface area (Å²) in [7, 11) is 5.97. The molecule has 3 rings (SSSR count). The molecule has 0 aliphatic rings. The normalized spacial score (nSPS) is 11.1. The van der Waals surface area contributed by atoms with Crippen LogP contribution in [0, 0.1) is 5.92 Å². The third-order valence-electron chi connectivity index (χ3n) is 3.39. The van der Waals surface area contributed by atoms with Gasteiger partial charge in [-0.2, -0.15) is 9.61 Å². The molecule has 3 heterocycles. The number of pyridine rings is 1. The van der Waals surface area contributed by atoms with Gasteiger partial charge in [0.25, 0.3) is 0 Å². The zero-order valence-electron chi connectivity index (χ0n) is 13.3. The lowest BCUT2D eigenvalue weighted by Crippen LogP contribution is -2.13. The van der Waals surface area contributed by atoms with E-state index in [0.717, 1.165) is 23.7 Å². The molecule has 2 N–H and O–H groups in total. The van der Waals surface area contributed by atoms with E-state index in [1.54, 1.807) is 16.9 Å². The second kappa shape index (κ2) is 6.68. The molecule has 7 heteroatoms. The monoisotopic (exact) mass is 306 g/mol. The largest absolute Gasteiger partial charge is 0.370 e. The van der Waals surface area contributed by atoms with E-state index in [-0.39, 0.29) is 0 Å². The van der Waals surface area contributed by atoms with Crippen LogP contribution in [0.25, 0.3) is 5.65 Å². The first-order chi connectivity index (χ1) is 11.1. The minimum absolute atomic E-state index is 0.530. The number of nitrogens with zero attached hydrogens (tertiary/aromatic N) is 4. The first-order valence-corrected chi connectivity index (χ1v) is 7.64. The second-order valence-corrected chi connectivity index (χ2v) is 5.85. The third kappa shape index (κ3) is 3.61. The minimum atomic E-state index is 0.530. The SMILES string of the molecule is [B]c1cnn2c(NCc3cccnc3)cc(NCC(C)C)nc12. The van der Waals surface area contributed by atoms with Gasteiger partial charge in [0, 0.05) is 37.7 Å². The smallest absolute Gasteiger partial charge is 0.152 e. The van der Waals surface area contributed by atoms with E-state index in [1.807, 2.05) is 24.4 Å². The molecule has 2 radical (unpaired) electrons. The summed E-state index contributed by atoms with van der Waals surface area (Å²) in [6.45, 7) is 5.80. The molecule has 0 saturated heterocycles. The van der Waals surface area contributed by atoms with Gasteiger partial charge in [-0.3, -0.25) is 4.98 Å². The van der Waals surface area contributed by atoms with E-state index in [9.17, 15) is 0 Å². The second-order valence-electron chi connectivity index (χ2n) is 5.85. The summed E-state index contributed by atoms with van der Waals surface area (Å²) in [5.74, 6) is 2.15. The number of fused-ring (bicyclic) bond motifs is 1. The maximum absolute atomic E-state index is 5.97. The Morgan fingerprint density at radius 2 is 2.13 bits per heavy atom. The van der Waals surface area contributed by atoms with Gasteiger partial charge in [-0.15, -0.1) is 0 Å². The highest BCUT2D eigenvalue weighted by molar-refractivity contribution is 6.36. The molecular weight excluding hydrogens is 287 g/mol. The van der Waals surface area contributed by atoms with Gasteiger partial charge in [0.15, 0.2) is 5.65 Å². The summed E-state index contributed by atoms with van der Waals surface area (Å²) in [6.07, 6.45) is 5.21. The molecule has 0 aliphatic heterocycles. The van der Waals surface area contributed by atoms with Crippen molar-refractivity contribution in [1.82, 2.24) is 19.6 Å². The lowest BCUT2D eigenvalue weighted by Gasteiger charge is -2.13. The van der Waals surface area contributed by atoms with E-state index in [1.165, 1.54) is 0 Å². The maximum atomic E-state index is 5.97. The Morgan fingerprint density at radius 3 is 2.87 bits per heavy atom. The van der Waals surface area contributed by atoms with Crippen molar-refractivity contribution in [2.24, 2.45) is 5.92 Å². The van der Waals surface area contributed by atoms with E-state index in [2.05, 4.69) is 39.5 Å². The van der Waals surface area contributed by atoms with Crippen LogP contribution in [-0.4, -0.2) is 34.0 Å². The van der Waals surface area contributed by atoms with Crippen LogP contribution in [0.1, 0.15) is 19.4 Å². The summed E-state index contributed by atoms with van der Waals surface area (Å²) >= 11 is 0. The predicted octanol–water partition coefficient (Wildman–Crippen LogP) is 1.60. The molecule has 3 aromatic rings. The summed E-state index contributed by atoms with van der Waals surface area (Å²) in [4.78, 5) is 8.66. The molecule has 0 aliphatic carbocycles. The third-order valence-corrected chi connectivity index (χ3v) is 3.39. The molecule has 116 valence electrons. The molecule has 0 bridgehead atoms. The van der Waals surface area contributed by atoms with Gasteiger partial charge in [-0.1, -0.05) is 19.9 Å². The van der Waals surface area contributed by atoms with Crippen LogP contribution in [0.2, 0.25) is 0 Å². The predicted molar refractivity (Wildman–Crippen MR) is 93.3 cm³/mol. The minimum Gasteiger partial charge on any atom is -0.370 e. The fourth-order valence-electron chi connectivity index (χ4n) is 2.20. The standard InChI is InChI=1S/C16H19BN6/c1-11(2)7-19-14-6-15(20-9-12-4-3-5-18-8-12)23-16(22-14)13(17)10-21-23/h3-6,8,10-11,20H,7,9H2,1-2H3,(H,19,22). The Labute approximate surface area is 136 Å². The van der Waals surface area contributed by atoms with Crippen molar-refractivity contribution in [1.29, 1.82) is 0 Å². The Morgan fingerprint density at radius 1 is 1.26 bits per heavy atom. The molecule has 0 fully saturated rings. The number of hydrogen-bond acceptors (Lipinski definition) is 5. The van der Waals surface area contributed by atoms with Crippen LogP contribution in [0.4, 0.5) is 11.6 Å². The number of hydrogen-bond donors (Lipinski definition) is 2. The molecule has 23 heavy (non-hydrogen) atoms. The molecular formula is C16H19BN6. The van der Waals surface area contributed by atoms with Gasteiger partial charge in [0.1, 0.15) is 19.5 Å². The molecule has 0 spiro atoms. The number of anilines is 2. The van der Waals surface area contributed by atoms with E-state index in [4.69, 9.17) is 7.85 Å². The highest BCUT2D eigenvalue weighted by atomic mass is 15.3. The van der Waals surface area contributed by atoms with Crippen LogP contribution < -0.4 is 16.1 Å². The summed E-state index contributed by atoms with van der Waals surface area (Å²) in [5, 5.41) is 11.0. The molecule has 6 nitrogen and oxygen atoms in total. The first-order valence-electron chi connectivity index (χ1n) is 7.64. The van der Waals surface area contributed by atoms with Crippen LogP contribution >= 0.6 is 0 Å². The van der Waals surface area contributed by atoms with Crippen LogP contribution in [0.5, 0.6) is 0 Å². The Balaban J connectivity index is 1.87. The van der Waals surface area contributed by atoms with E-state index >= 15 is 0 Å². The zero-order chi connectivity index (χ0) is 16.2. The number of rotatable bonds is 6. The summed E-state index contributed by atoms with van der Waals surface area (Å²) < 4.78 is 1.71. The van der Waals surface area contributed by atoms with Crippen molar-refractivity contribution in [2.45, 2.75) is 20.4 Å². The van der Waals surface area contributed by atoms with Gasteiger partial charge in [-0.05, 0) is 23.0 Å². The van der Waals surface area contributed by atoms with Crippen molar-refractivity contribution in [3.05, 3.63) is 42.4 Å². The van der Waals surface area contributed by atoms with Gasteiger partial charge in [0.05, 0.1) is 0 Å². The molecule has 0 saturated carbocycles. The quantitative estimate of drug-likeness (QED) is 0.677. The fraction of sp³-hybridized carbons (Fsp3) is 0.312. The summed E-state index contributed by atoms with van der Waals surface area (Å²) in [5.41, 5.74) is 2.30. The van der Waals surface area contributed by atoms with E-state index < -0.39 is 0 Å². The van der Waals surface area contributed by atoms with Crippen molar-refractivity contribution in [2.75, 3.05) is 17.2 Å². The Hall–Kier alpha value is -2.57. The lowest BCUT2D eigenvalue weighted by atomic mass is 10.0. The average molecular weight is 306 g/mol. The molecule has 0 amide bonds. The summed E-state index contributed by atoms with van der Waals surface area (Å²) in [6, 6.07) is 5.88. The number of nitrogens with one attached hydrogen (secondary N) is 2. The van der Waals surface area contributed by atoms with Gasteiger partial charge in [0.2, 0.25) is 0 Å². The Kier molecular flexibility index (Phi) is 4.46. The van der Waals surface area contributed by atoms with Crippen molar-refractivity contribution >= 4 is 30.6 Å². The molecule has 0 unspecified atom stereocenters. The number of aromatic nitrogens is 4. The highest BCUT2D eigenvalue weighted by Crippen LogP contribution is 2.16. The first kappa shape index (κ1) is 15.3. The topological polar surface area (TPSA) is 67.1 Å². The highest BCUT2D eigenvalue weighted by Gasteiger charge is 2.09. The van der Waals surface area contributed by atoms with Crippen molar-refractivity contribution < 1.29 is 0 Å². The molecule has 3 aromatic heterocycles. The van der Waals surface area contributed by atoms with E-state index in [0.29, 0.717) is 23.6 Å². The van der Waals surface area contributed by atoms with Gasteiger partial charge < -0.3 is 10.6 Å². The van der Waals surface area contributed by atoms with Crippen LogP contribution in [-0.2, 0) is 6.54 Å². The Bertz CT molecular complexity index is 784.